The summed E-state index contributed by atoms with van der Waals surface area (Å²) in [5.41, 5.74) is 0. The summed E-state index contributed by atoms with van der Waals surface area (Å²) >= 11 is 0. The first kappa shape index (κ1) is 33.6. The van der Waals surface area contributed by atoms with E-state index in [1.807, 2.05) is 12.2 Å². The van der Waals surface area contributed by atoms with Crippen LogP contribution in [0.3, 0.4) is 0 Å². The molecule has 38 heavy (non-hydrogen) atoms. The van der Waals surface area contributed by atoms with Crippen molar-refractivity contribution in [3.8, 4) is 0 Å². The Kier molecular flexibility index (Phi) is 18.1. The fraction of sp³-hybridized carbons (Fsp3) is 0.786. The Morgan fingerprint density at radius 2 is 1.21 bits per heavy atom. The lowest BCUT2D eigenvalue weighted by atomic mass is 10.1. The number of cyclic esters (lactones) is 2. The SMILES string of the molecule is CCCCCCC=CC[C@@H]1CC(=O)N[C@@H](CO)C(=O)O[C@@H](CCCCCCC)CC(=O)N[C@@H](CO)C(=O)O1. The third kappa shape index (κ3) is 14.5. The summed E-state index contributed by atoms with van der Waals surface area (Å²) in [4.78, 5) is 50.8. The fourth-order valence-electron chi connectivity index (χ4n) is 4.18. The second-order valence-corrected chi connectivity index (χ2v) is 9.89. The van der Waals surface area contributed by atoms with Crippen molar-refractivity contribution in [1.82, 2.24) is 10.6 Å². The van der Waals surface area contributed by atoms with Crippen molar-refractivity contribution < 1.29 is 38.9 Å². The Labute approximate surface area is 226 Å². The molecule has 1 fully saturated rings. The summed E-state index contributed by atoms with van der Waals surface area (Å²) in [5, 5.41) is 24.3. The molecule has 1 saturated heterocycles. The molecule has 0 aromatic rings. The molecule has 0 aromatic heterocycles. The first-order valence-corrected chi connectivity index (χ1v) is 14.2. The van der Waals surface area contributed by atoms with E-state index < -0.39 is 61.3 Å². The molecular weight excluding hydrogens is 492 g/mol. The predicted octanol–water partition coefficient (Wildman–Crippen LogP) is 2.84. The normalized spacial score (nSPS) is 23.9. The van der Waals surface area contributed by atoms with Gasteiger partial charge in [0.2, 0.25) is 11.8 Å². The number of unbranched alkanes of at least 4 members (excludes halogenated alkanes) is 8. The molecule has 0 spiro atoms. The summed E-state index contributed by atoms with van der Waals surface area (Å²) in [6.45, 7) is 2.89. The number of carbonyl (C=O) groups excluding carboxylic acids is 4. The van der Waals surface area contributed by atoms with Gasteiger partial charge in [0.15, 0.2) is 12.1 Å². The molecule has 218 valence electrons. The number of allylic oxidation sites excluding steroid dienone is 1. The van der Waals surface area contributed by atoms with Gasteiger partial charge in [-0.2, -0.15) is 0 Å². The van der Waals surface area contributed by atoms with Gasteiger partial charge < -0.3 is 30.3 Å². The van der Waals surface area contributed by atoms with Crippen LogP contribution in [0.4, 0.5) is 0 Å². The van der Waals surface area contributed by atoms with Gasteiger partial charge in [0.1, 0.15) is 12.2 Å². The molecule has 1 aliphatic heterocycles. The molecule has 0 saturated carbocycles. The Morgan fingerprint density at radius 1 is 0.711 bits per heavy atom. The predicted molar refractivity (Wildman–Crippen MR) is 143 cm³/mol. The highest BCUT2D eigenvalue weighted by Crippen LogP contribution is 2.15. The van der Waals surface area contributed by atoms with Crippen LogP contribution < -0.4 is 10.6 Å². The number of hydrogen-bond acceptors (Lipinski definition) is 8. The summed E-state index contributed by atoms with van der Waals surface area (Å²) in [6, 6.07) is -2.60. The van der Waals surface area contributed by atoms with Gasteiger partial charge in [-0.05, 0) is 25.7 Å². The van der Waals surface area contributed by atoms with Crippen LogP contribution in [0.2, 0.25) is 0 Å². The molecule has 2 amide bonds. The quantitative estimate of drug-likeness (QED) is 0.141. The smallest absolute Gasteiger partial charge is 0.331 e. The van der Waals surface area contributed by atoms with Gasteiger partial charge in [-0.1, -0.05) is 70.9 Å². The zero-order valence-electron chi connectivity index (χ0n) is 23.1. The molecule has 4 N–H and O–H groups in total. The molecule has 0 aromatic carbocycles. The number of nitrogens with one attached hydrogen (secondary N) is 2. The number of aliphatic hydroxyl groups excluding tert-OH is 2. The third-order valence-electron chi connectivity index (χ3n) is 6.42. The highest BCUT2D eigenvalue weighted by molar-refractivity contribution is 5.87. The highest BCUT2D eigenvalue weighted by atomic mass is 16.6. The summed E-state index contributed by atoms with van der Waals surface area (Å²) < 4.78 is 11.0. The van der Waals surface area contributed by atoms with Crippen molar-refractivity contribution in [1.29, 1.82) is 0 Å². The van der Waals surface area contributed by atoms with E-state index in [0.717, 1.165) is 64.2 Å². The van der Waals surface area contributed by atoms with Gasteiger partial charge in [-0.25, -0.2) is 9.59 Å². The van der Waals surface area contributed by atoms with Crippen molar-refractivity contribution in [3.05, 3.63) is 12.2 Å². The molecule has 1 aliphatic rings. The lowest BCUT2D eigenvalue weighted by molar-refractivity contribution is -0.160. The number of esters is 2. The van der Waals surface area contributed by atoms with Crippen molar-refractivity contribution in [2.75, 3.05) is 13.2 Å². The highest BCUT2D eigenvalue weighted by Gasteiger charge is 2.31. The van der Waals surface area contributed by atoms with E-state index >= 15 is 0 Å². The van der Waals surface area contributed by atoms with Crippen LogP contribution in [0.1, 0.15) is 104 Å². The summed E-state index contributed by atoms with van der Waals surface area (Å²) in [5.74, 6) is -2.84. The minimum absolute atomic E-state index is 0.223. The van der Waals surface area contributed by atoms with E-state index in [4.69, 9.17) is 9.47 Å². The maximum atomic E-state index is 12.7. The Hall–Kier alpha value is -2.46. The van der Waals surface area contributed by atoms with E-state index in [-0.39, 0.29) is 19.3 Å². The first-order valence-electron chi connectivity index (χ1n) is 14.2. The van der Waals surface area contributed by atoms with Gasteiger partial charge in [0, 0.05) is 6.42 Å². The molecule has 1 heterocycles. The number of rotatable bonds is 15. The van der Waals surface area contributed by atoms with E-state index in [2.05, 4.69) is 24.5 Å². The van der Waals surface area contributed by atoms with Gasteiger partial charge in [-0.15, -0.1) is 0 Å². The number of amides is 2. The van der Waals surface area contributed by atoms with Gasteiger partial charge in [0.05, 0.1) is 26.1 Å². The minimum atomic E-state index is -1.31. The van der Waals surface area contributed by atoms with Crippen molar-refractivity contribution in [2.45, 2.75) is 128 Å². The molecule has 4 atom stereocenters. The lowest BCUT2D eigenvalue weighted by Gasteiger charge is -2.25. The average molecular weight is 541 g/mol. The fourth-order valence-corrected chi connectivity index (χ4v) is 4.18. The molecule has 0 unspecified atom stereocenters. The van der Waals surface area contributed by atoms with Crippen molar-refractivity contribution in [3.63, 3.8) is 0 Å². The van der Waals surface area contributed by atoms with Gasteiger partial charge in [0.25, 0.3) is 0 Å². The second kappa shape index (κ2) is 20.5. The van der Waals surface area contributed by atoms with Crippen LogP contribution >= 0.6 is 0 Å². The lowest BCUT2D eigenvalue weighted by Crippen LogP contribution is -2.49. The topological polar surface area (TPSA) is 151 Å². The number of aliphatic hydroxyl groups is 2. The number of ether oxygens (including phenoxy) is 2. The molecular formula is C28H48N2O8. The Bertz CT molecular complexity index is 742. The largest absolute Gasteiger partial charge is 0.460 e. The Morgan fingerprint density at radius 3 is 1.76 bits per heavy atom. The zero-order valence-corrected chi connectivity index (χ0v) is 23.1. The van der Waals surface area contributed by atoms with E-state index in [9.17, 15) is 29.4 Å². The Balaban J connectivity index is 2.95. The molecule has 0 aliphatic carbocycles. The maximum Gasteiger partial charge on any atom is 0.331 e. The maximum absolute atomic E-state index is 12.7. The standard InChI is InChI=1S/C28H48N2O8/c1-3-5-7-9-10-12-14-16-22-18-26(34)30-23(19-31)27(35)37-21(15-13-11-8-6-4-2)17-25(33)29-24(20-32)28(36)38-22/h12,14,21-24,31-32H,3-11,13,15-20H2,1-2H3,(H,29,33)(H,30,34)/t21-,22+,23-,24-/m0/s1. The summed E-state index contributed by atoms with van der Waals surface area (Å²) in [6.07, 6.45) is 12.4. The molecule has 0 radical (unpaired) electrons. The first-order chi connectivity index (χ1) is 18.3. The third-order valence-corrected chi connectivity index (χ3v) is 6.42. The monoisotopic (exact) mass is 540 g/mol. The van der Waals surface area contributed by atoms with Crippen LogP contribution in [-0.2, 0) is 28.7 Å². The van der Waals surface area contributed by atoms with Crippen molar-refractivity contribution >= 4 is 23.8 Å². The number of carbonyl (C=O) groups is 4. The second-order valence-electron chi connectivity index (χ2n) is 9.89. The number of hydrogen-bond donors (Lipinski definition) is 4. The average Bonchev–Trinajstić information content (AvgIpc) is 2.88. The minimum Gasteiger partial charge on any atom is -0.460 e. The van der Waals surface area contributed by atoms with Crippen LogP contribution in [-0.4, -0.2) is 71.5 Å². The van der Waals surface area contributed by atoms with Crippen LogP contribution in [0.25, 0.3) is 0 Å². The van der Waals surface area contributed by atoms with Crippen LogP contribution in [0.15, 0.2) is 12.2 Å². The van der Waals surface area contributed by atoms with Gasteiger partial charge >= 0.3 is 11.9 Å². The van der Waals surface area contributed by atoms with E-state index in [0.29, 0.717) is 6.42 Å². The van der Waals surface area contributed by atoms with Crippen LogP contribution in [0, 0.1) is 0 Å². The zero-order chi connectivity index (χ0) is 28.2. The van der Waals surface area contributed by atoms with Crippen molar-refractivity contribution in [2.24, 2.45) is 0 Å². The molecule has 10 nitrogen and oxygen atoms in total. The van der Waals surface area contributed by atoms with E-state index in [1.165, 1.54) is 0 Å². The van der Waals surface area contributed by atoms with E-state index in [1.54, 1.807) is 0 Å². The molecule has 10 heteroatoms. The molecule has 1 rings (SSSR count). The van der Waals surface area contributed by atoms with Crippen LogP contribution in [0.5, 0.6) is 0 Å². The molecule has 0 bridgehead atoms. The van der Waals surface area contributed by atoms with Gasteiger partial charge in [-0.3, -0.25) is 9.59 Å². The summed E-state index contributed by atoms with van der Waals surface area (Å²) in [7, 11) is 0.